The van der Waals surface area contributed by atoms with Gasteiger partial charge in [0.2, 0.25) is 10.0 Å². The van der Waals surface area contributed by atoms with Crippen molar-refractivity contribution in [3.05, 3.63) is 52.5 Å². The molecule has 2 aromatic carbocycles. The Morgan fingerprint density at radius 1 is 1.28 bits per heavy atom. The third kappa shape index (κ3) is 5.65. The van der Waals surface area contributed by atoms with Crippen molar-refractivity contribution in [2.45, 2.75) is 30.3 Å². The summed E-state index contributed by atoms with van der Waals surface area (Å²) in [6.45, 7) is 0.335. The van der Waals surface area contributed by atoms with Gasteiger partial charge in [0.15, 0.2) is 6.19 Å². The van der Waals surface area contributed by atoms with Crippen molar-refractivity contribution in [3.63, 3.8) is 0 Å². The van der Waals surface area contributed by atoms with Crippen molar-refractivity contribution in [1.82, 2.24) is 9.21 Å². The van der Waals surface area contributed by atoms with Gasteiger partial charge in [-0.2, -0.15) is 9.57 Å². The van der Waals surface area contributed by atoms with E-state index in [1.54, 1.807) is 6.07 Å². The molecule has 12 heteroatoms. The van der Waals surface area contributed by atoms with Crippen LogP contribution in [0, 0.1) is 11.5 Å². The molecule has 0 radical (unpaired) electrons. The summed E-state index contributed by atoms with van der Waals surface area (Å²) in [5, 5.41) is 9.20. The van der Waals surface area contributed by atoms with E-state index < -0.39 is 28.2 Å². The topological polar surface area (TPSA) is 82.9 Å². The first kappa shape index (κ1) is 24.2. The molecule has 1 aliphatic rings. The molecule has 2 aromatic rings. The van der Waals surface area contributed by atoms with E-state index in [0.717, 1.165) is 12.1 Å². The zero-order chi connectivity index (χ0) is 23.5. The maximum Gasteiger partial charge on any atom is 0.573 e. The summed E-state index contributed by atoms with van der Waals surface area (Å²) in [5.41, 5.74) is 0.305. The molecule has 1 unspecified atom stereocenters. The fourth-order valence-corrected chi connectivity index (χ4v) is 5.81. The van der Waals surface area contributed by atoms with Gasteiger partial charge in [-0.05, 0) is 42.3 Å². The lowest BCUT2D eigenvalue weighted by atomic mass is 10.2. The first-order valence-electron chi connectivity index (χ1n) is 9.38. The van der Waals surface area contributed by atoms with Gasteiger partial charge in [-0.15, -0.1) is 13.2 Å². The molecule has 0 bridgehead atoms. The second-order valence-electron chi connectivity index (χ2n) is 7.03. The van der Waals surface area contributed by atoms with Crippen molar-refractivity contribution in [2.75, 3.05) is 20.2 Å². The third-order valence-corrected chi connectivity index (χ3v) is 7.31. The number of methoxy groups -OCH3 is 1. The predicted octanol–water partition coefficient (Wildman–Crippen LogP) is 4.10. The zero-order valence-corrected chi connectivity index (χ0v) is 19.2. The Balaban J connectivity index is 2.02. The summed E-state index contributed by atoms with van der Waals surface area (Å²) in [5.74, 6) is -0.319. The van der Waals surface area contributed by atoms with Gasteiger partial charge >= 0.3 is 6.36 Å². The predicted molar refractivity (Wildman–Crippen MR) is 112 cm³/mol. The van der Waals surface area contributed by atoms with Crippen LogP contribution in [-0.4, -0.2) is 50.2 Å². The van der Waals surface area contributed by atoms with Crippen LogP contribution in [0.1, 0.15) is 12.0 Å². The van der Waals surface area contributed by atoms with Gasteiger partial charge in [0, 0.05) is 30.1 Å². The molecular formula is C20H19BrF3N3O4S. The smallest absolute Gasteiger partial charge is 0.495 e. The Hall–Kier alpha value is -2.49. The lowest BCUT2D eigenvalue weighted by Gasteiger charge is -2.28. The monoisotopic (exact) mass is 533 g/mol. The first-order valence-corrected chi connectivity index (χ1v) is 11.6. The Kier molecular flexibility index (Phi) is 7.22. The van der Waals surface area contributed by atoms with E-state index in [4.69, 9.17) is 4.74 Å². The van der Waals surface area contributed by atoms with Crippen LogP contribution in [0.15, 0.2) is 51.8 Å². The standard InChI is InChI=1S/C20H19BrF3N3O4S/c1-30-18-6-5-15(21)10-19(18)32(28,29)27(16-7-8-26(12-16)13-25)11-14-3-2-4-17(9-14)31-20(22,23)24/h2-6,9-10,16H,7-8,11-12H2,1H3. The summed E-state index contributed by atoms with van der Waals surface area (Å²) in [6, 6.07) is 9.14. The summed E-state index contributed by atoms with van der Waals surface area (Å²) in [7, 11) is -2.80. The fraction of sp³-hybridized carbons (Fsp3) is 0.350. The molecule has 0 aromatic heterocycles. The van der Waals surface area contributed by atoms with Crippen LogP contribution in [0.4, 0.5) is 13.2 Å². The molecule has 0 saturated carbocycles. The Morgan fingerprint density at radius 3 is 2.66 bits per heavy atom. The zero-order valence-electron chi connectivity index (χ0n) is 16.8. The van der Waals surface area contributed by atoms with Gasteiger partial charge in [0.05, 0.1) is 7.11 Å². The van der Waals surface area contributed by atoms with Crippen LogP contribution in [-0.2, 0) is 16.6 Å². The van der Waals surface area contributed by atoms with Crippen LogP contribution in [0.25, 0.3) is 0 Å². The Bertz CT molecular complexity index is 1120. The minimum absolute atomic E-state index is 0.0903. The maximum absolute atomic E-state index is 13.7. The minimum Gasteiger partial charge on any atom is -0.495 e. The summed E-state index contributed by atoms with van der Waals surface area (Å²) < 4.78 is 76.1. The van der Waals surface area contributed by atoms with Crippen molar-refractivity contribution in [3.8, 4) is 17.7 Å². The van der Waals surface area contributed by atoms with Gasteiger partial charge in [-0.3, -0.25) is 0 Å². The molecule has 1 saturated heterocycles. The van der Waals surface area contributed by atoms with Crippen molar-refractivity contribution in [2.24, 2.45) is 0 Å². The second-order valence-corrected chi connectivity index (χ2v) is 9.80. The third-order valence-electron chi connectivity index (χ3n) is 4.89. The van der Waals surface area contributed by atoms with E-state index in [0.29, 0.717) is 23.0 Å². The van der Waals surface area contributed by atoms with E-state index in [1.807, 2.05) is 6.19 Å². The quantitative estimate of drug-likeness (QED) is 0.498. The van der Waals surface area contributed by atoms with Crippen LogP contribution in [0.2, 0.25) is 0 Å². The van der Waals surface area contributed by atoms with Crippen LogP contribution < -0.4 is 9.47 Å². The van der Waals surface area contributed by atoms with E-state index in [9.17, 15) is 26.9 Å². The molecule has 7 nitrogen and oxygen atoms in total. The number of likely N-dealkylation sites (tertiary alicyclic amines) is 1. The number of benzene rings is 2. The SMILES string of the molecule is COc1ccc(Br)cc1S(=O)(=O)N(Cc1cccc(OC(F)(F)F)c1)C1CCN(C#N)C1. The number of nitrogens with zero attached hydrogens (tertiary/aromatic N) is 3. The number of nitriles is 1. The number of hydrogen-bond acceptors (Lipinski definition) is 6. The summed E-state index contributed by atoms with van der Waals surface area (Å²) >= 11 is 3.26. The highest BCUT2D eigenvalue weighted by Gasteiger charge is 2.38. The van der Waals surface area contributed by atoms with Crippen molar-refractivity contribution in [1.29, 1.82) is 5.26 Å². The van der Waals surface area contributed by atoms with Crippen LogP contribution in [0.3, 0.4) is 0 Å². The number of hydrogen-bond donors (Lipinski definition) is 0. The molecule has 0 aliphatic carbocycles. The van der Waals surface area contributed by atoms with Gasteiger partial charge in [-0.25, -0.2) is 8.42 Å². The van der Waals surface area contributed by atoms with Crippen molar-refractivity contribution >= 4 is 26.0 Å². The molecule has 0 spiro atoms. The molecule has 32 heavy (non-hydrogen) atoms. The molecule has 0 N–H and O–H groups in total. The van der Waals surface area contributed by atoms with E-state index in [2.05, 4.69) is 20.7 Å². The Labute approximate surface area is 192 Å². The Morgan fingerprint density at radius 2 is 2.03 bits per heavy atom. The number of alkyl halides is 3. The minimum atomic E-state index is -4.87. The first-order chi connectivity index (χ1) is 15.0. The van der Waals surface area contributed by atoms with Gasteiger partial charge in [-0.1, -0.05) is 28.1 Å². The number of rotatable bonds is 7. The van der Waals surface area contributed by atoms with Gasteiger partial charge < -0.3 is 14.4 Å². The van der Waals surface area contributed by atoms with Crippen molar-refractivity contribution < 1.29 is 31.1 Å². The molecule has 1 fully saturated rings. The summed E-state index contributed by atoms with van der Waals surface area (Å²) in [6.07, 6.45) is -2.47. The van der Waals surface area contributed by atoms with Crippen LogP contribution >= 0.6 is 15.9 Å². The lowest BCUT2D eigenvalue weighted by molar-refractivity contribution is -0.274. The second kappa shape index (κ2) is 9.56. The van der Waals surface area contributed by atoms with E-state index in [-0.39, 0.29) is 23.7 Å². The molecule has 1 heterocycles. The van der Waals surface area contributed by atoms with E-state index in [1.165, 1.54) is 40.6 Å². The normalized spacial score (nSPS) is 16.8. The molecule has 1 atom stereocenters. The lowest BCUT2D eigenvalue weighted by Crippen LogP contribution is -2.41. The van der Waals surface area contributed by atoms with Crippen LogP contribution in [0.5, 0.6) is 11.5 Å². The maximum atomic E-state index is 13.7. The number of halogens is 4. The summed E-state index contributed by atoms with van der Waals surface area (Å²) in [4.78, 5) is 1.35. The average Bonchev–Trinajstić information content (AvgIpc) is 3.19. The highest BCUT2D eigenvalue weighted by atomic mass is 79.9. The van der Waals surface area contributed by atoms with Gasteiger partial charge in [0.25, 0.3) is 0 Å². The largest absolute Gasteiger partial charge is 0.573 e. The van der Waals surface area contributed by atoms with E-state index >= 15 is 0 Å². The molecule has 1 aliphatic heterocycles. The highest BCUT2D eigenvalue weighted by Crippen LogP contribution is 2.34. The molecule has 172 valence electrons. The number of ether oxygens (including phenoxy) is 2. The van der Waals surface area contributed by atoms with Gasteiger partial charge in [0.1, 0.15) is 16.4 Å². The number of sulfonamides is 1. The molecule has 3 rings (SSSR count). The fourth-order valence-electron chi connectivity index (χ4n) is 3.48. The molecule has 0 amide bonds. The average molecular weight is 534 g/mol. The highest BCUT2D eigenvalue weighted by molar-refractivity contribution is 9.10. The molecular weight excluding hydrogens is 515 g/mol.